The number of aliphatic hydroxyl groups excluding tert-OH is 1. The molecule has 1 unspecified atom stereocenters. The summed E-state index contributed by atoms with van der Waals surface area (Å²) in [6.07, 6.45) is 0.702. The first-order valence-corrected chi connectivity index (χ1v) is 7.67. The van der Waals surface area contributed by atoms with Gasteiger partial charge in [-0.1, -0.05) is 18.2 Å². The molecule has 2 aromatic heterocycles. The van der Waals surface area contributed by atoms with E-state index in [0.717, 1.165) is 17.0 Å². The van der Waals surface area contributed by atoms with Crippen molar-refractivity contribution < 1.29 is 14.3 Å². The van der Waals surface area contributed by atoms with Crippen LogP contribution in [0, 0.1) is 12.7 Å². The van der Waals surface area contributed by atoms with E-state index >= 15 is 0 Å². The first kappa shape index (κ1) is 16.1. The SMILES string of the molecule is Cc1cccc2nc(CNC(=O)CC(O)c3cccc(F)c3)cn12. The molecular weight excluding hydrogens is 309 g/mol. The molecule has 24 heavy (non-hydrogen) atoms. The van der Waals surface area contributed by atoms with Gasteiger partial charge in [-0.15, -0.1) is 0 Å². The largest absolute Gasteiger partial charge is 0.388 e. The maximum absolute atomic E-state index is 13.1. The van der Waals surface area contributed by atoms with Crippen molar-refractivity contribution in [2.45, 2.75) is 26.0 Å². The minimum absolute atomic E-state index is 0.129. The highest BCUT2D eigenvalue weighted by Crippen LogP contribution is 2.17. The number of carbonyl (C=O) groups excluding carboxylic acids is 1. The van der Waals surface area contributed by atoms with E-state index in [4.69, 9.17) is 0 Å². The summed E-state index contributed by atoms with van der Waals surface area (Å²) in [4.78, 5) is 16.4. The second kappa shape index (κ2) is 6.80. The number of fused-ring (bicyclic) bond motifs is 1. The lowest BCUT2D eigenvalue weighted by atomic mass is 10.1. The summed E-state index contributed by atoms with van der Waals surface area (Å²) in [5, 5.41) is 12.7. The van der Waals surface area contributed by atoms with E-state index in [-0.39, 0.29) is 18.9 Å². The molecule has 0 saturated heterocycles. The van der Waals surface area contributed by atoms with Crippen LogP contribution in [0.15, 0.2) is 48.7 Å². The maximum Gasteiger partial charge on any atom is 0.223 e. The molecular formula is C18H18FN3O2. The molecule has 6 heteroatoms. The van der Waals surface area contributed by atoms with Crippen molar-refractivity contribution in [3.63, 3.8) is 0 Å². The summed E-state index contributed by atoms with van der Waals surface area (Å²) in [5.41, 5.74) is 2.99. The molecule has 2 N–H and O–H groups in total. The van der Waals surface area contributed by atoms with E-state index in [1.54, 1.807) is 6.07 Å². The molecule has 0 radical (unpaired) electrons. The number of imidazole rings is 1. The molecule has 3 rings (SSSR count). The fourth-order valence-corrected chi connectivity index (χ4v) is 2.55. The second-order valence-corrected chi connectivity index (χ2v) is 5.68. The number of aromatic nitrogens is 2. The number of carbonyl (C=O) groups is 1. The molecule has 124 valence electrons. The fourth-order valence-electron chi connectivity index (χ4n) is 2.55. The second-order valence-electron chi connectivity index (χ2n) is 5.68. The van der Waals surface area contributed by atoms with Gasteiger partial charge in [0.25, 0.3) is 0 Å². The van der Waals surface area contributed by atoms with Crippen molar-refractivity contribution in [1.29, 1.82) is 0 Å². The van der Waals surface area contributed by atoms with Crippen LogP contribution in [0.25, 0.3) is 5.65 Å². The smallest absolute Gasteiger partial charge is 0.223 e. The third-order valence-electron chi connectivity index (χ3n) is 3.82. The van der Waals surface area contributed by atoms with Crippen molar-refractivity contribution in [3.05, 3.63) is 71.4 Å². The Labute approximate surface area is 138 Å². The first-order chi connectivity index (χ1) is 11.5. The van der Waals surface area contributed by atoms with Crippen LogP contribution in [0.4, 0.5) is 4.39 Å². The minimum atomic E-state index is -1.04. The zero-order valence-electron chi connectivity index (χ0n) is 13.2. The average molecular weight is 327 g/mol. The van der Waals surface area contributed by atoms with Gasteiger partial charge in [0.05, 0.1) is 24.8 Å². The van der Waals surface area contributed by atoms with E-state index < -0.39 is 11.9 Å². The van der Waals surface area contributed by atoms with E-state index in [1.807, 2.05) is 35.7 Å². The van der Waals surface area contributed by atoms with Crippen molar-refractivity contribution in [2.24, 2.45) is 0 Å². The monoisotopic (exact) mass is 327 g/mol. The highest BCUT2D eigenvalue weighted by molar-refractivity contribution is 5.76. The van der Waals surface area contributed by atoms with Crippen LogP contribution in [-0.2, 0) is 11.3 Å². The summed E-state index contributed by atoms with van der Waals surface area (Å²) in [5.74, 6) is -0.757. The lowest BCUT2D eigenvalue weighted by Crippen LogP contribution is -2.24. The summed E-state index contributed by atoms with van der Waals surface area (Å²) < 4.78 is 15.1. The van der Waals surface area contributed by atoms with Gasteiger partial charge in [-0.25, -0.2) is 9.37 Å². The van der Waals surface area contributed by atoms with Crippen LogP contribution in [0.1, 0.15) is 29.5 Å². The number of rotatable bonds is 5. The number of aliphatic hydroxyl groups is 1. The fraction of sp³-hybridized carbons (Fsp3) is 0.222. The van der Waals surface area contributed by atoms with E-state index in [2.05, 4.69) is 10.3 Å². The van der Waals surface area contributed by atoms with Crippen LogP contribution in [0.5, 0.6) is 0 Å². The van der Waals surface area contributed by atoms with Crippen LogP contribution in [0.2, 0.25) is 0 Å². The predicted octanol–water partition coefficient (Wildman–Crippen LogP) is 2.52. The lowest BCUT2D eigenvalue weighted by molar-refractivity contribution is -0.123. The molecule has 0 saturated carbocycles. The summed E-state index contributed by atoms with van der Waals surface area (Å²) in [6.45, 7) is 2.25. The Balaban J connectivity index is 1.59. The van der Waals surface area contributed by atoms with Gasteiger partial charge in [-0.3, -0.25) is 4.79 Å². The number of hydrogen-bond acceptors (Lipinski definition) is 3. The highest BCUT2D eigenvalue weighted by Gasteiger charge is 2.14. The van der Waals surface area contributed by atoms with Gasteiger partial charge in [0.1, 0.15) is 11.5 Å². The number of amides is 1. The highest BCUT2D eigenvalue weighted by atomic mass is 19.1. The van der Waals surface area contributed by atoms with Crippen molar-refractivity contribution in [2.75, 3.05) is 0 Å². The molecule has 1 atom stereocenters. The Bertz CT molecular complexity index is 876. The summed E-state index contributed by atoms with van der Waals surface area (Å²) >= 11 is 0. The summed E-state index contributed by atoms with van der Waals surface area (Å²) in [6, 6.07) is 11.4. The molecule has 5 nitrogen and oxygen atoms in total. The molecule has 1 amide bonds. The molecule has 2 heterocycles. The molecule has 0 fully saturated rings. The quantitative estimate of drug-likeness (QED) is 0.757. The Morgan fingerprint density at radius 1 is 1.33 bits per heavy atom. The Kier molecular flexibility index (Phi) is 4.57. The Hall–Kier alpha value is -2.73. The van der Waals surface area contributed by atoms with Gasteiger partial charge in [-0.05, 0) is 36.8 Å². The van der Waals surface area contributed by atoms with Gasteiger partial charge in [0.15, 0.2) is 0 Å². The molecule has 1 aromatic carbocycles. The third-order valence-corrected chi connectivity index (χ3v) is 3.82. The van der Waals surface area contributed by atoms with Crippen LogP contribution < -0.4 is 5.32 Å². The molecule has 0 aliphatic rings. The lowest BCUT2D eigenvalue weighted by Gasteiger charge is -2.10. The van der Waals surface area contributed by atoms with Crippen molar-refractivity contribution >= 4 is 11.6 Å². The Morgan fingerprint density at radius 3 is 2.88 bits per heavy atom. The first-order valence-electron chi connectivity index (χ1n) is 7.67. The normalized spacial score (nSPS) is 12.3. The minimum Gasteiger partial charge on any atom is -0.388 e. The van der Waals surface area contributed by atoms with Gasteiger partial charge < -0.3 is 14.8 Å². The van der Waals surface area contributed by atoms with Crippen LogP contribution in [0.3, 0.4) is 0 Å². The van der Waals surface area contributed by atoms with Gasteiger partial charge in [0, 0.05) is 11.9 Å². The number of pyridine rings is 1. The molecule has 0 aliphatic carbocycles. The molecule has 0 aliphatic heterocycles. The van der Waals surface area contributed by atoms with E-state index in [9.17, 15) is 14.3 Å². The molecule has 3 aromatic rings. The number of benzene rings is 1. The Morgan fingerprint density at radius 2 is 2.12 bits per heavy atom. The standard InChI is InChI=1S/C18H18FN3O2/c1-12-4-2-7-17-21-15(11-22(12)17)10-20-18(24)9-16(23)13-5-3-6-14(19)8-13/h2-8,11,16,23H,9-10H2,1H3,(H,20,24). The van der Waals surface area contributed by atoms with E-state index in [1.165, 1.54) is 18.2 Å². The third kappa shape index (κ3) is 3.60. The van der Waals surface area contributed by atoms with E-state index in [0.29, 0.717) is 5.56 Å². The molecule has 0 bridgehead atoms. The van der Waals surface area contributed by atoms with Crippen molar-refractivity contribution in [3.8, 4) is 0 Å². The zero-order chi connectivity index (χ0) is 17.1. The number of nitrogens with one attached hydrogen (secondary N) is 1. The van der Waals surface area contributed by atoms with Crippen LogP contribution in [-0.4, -0.2) is 20.4 Å². The predicted molar refractivity (Wildman–Crippen MR) is 87.8 cm³/mol. The topological polar surface area (TPSA) is 66.6 Å². The number of aryl methyl sites for hydroxylation is 1. The average Bonchev–Trinajstić information content (AvgIpc) is 2.97. The van der Waals surface area contributed by atoms with Gasteiger partial charge in [0.2, 0.25) is 5.91 Å². The summed E-state index contributed by atoms with van der Waals surface area (Å²) in [7, 11) is 0. The van der Waals surface area contributed by atoms with Gasteiger partial charge in [-0.2, -0.15) is 0 Å². The van der Waals surface area contributed by atoms with Crippen LogP contribution >= 0.6 is 0 Å². The number of nitrogens with zero attached hydrogens (tertiary/aromatic N) is 2. The number of hydrogen-bond donors (Lipinski definition) is 2. The molecule has 0 spiro atoms. The maximum atomic E-state index is 13.1. The van der Waals surface area contributed by atoms with Gasteiger partial charge >= 0.3 is 0 Å². The number of halogens is 1. The van der Waals surface area contributed by atoms with Crippen molar-refractivity contribution in [1.82, 2.24) is 14.7 Å². The zero-order valence-corrected chi connectivity index (χ0v) is 13.2.